The van der Waals surface area contributed by atoms with Gasteiger partial charge in [0.25, 0.3) is 0 Å². The Bertz CT molecular complexity index is 368. The van der Waals surface area contributed by atoms with Crippen LogP contribution in [0.15, 0.2) is 4.47 Å². The lowest BCUT2D eigenvalue weighted by atomic mass is 10.3. The molecule has 0 unspecified atom stereocenters. The molecule has 1 rings (SSSR count). The lowest BCUT2D eigenvalue weighted by molar-refractivity contribution is 0.146. The van der Waals surface area contributed by atoms with Crippen molar-refractivity contribution in [2.45, 2.75) is 26.9 Å². The second kappa shape index (κ2) is 8.30. The van der Waals surface area contributed by atoms with Crippen molar-refractivity contribution in [3.8, 4) is 0 Å². The van der Waals surface area contributed by atoms with Gasteiger partial charge in [-0.1, -0.05) is 15.9 Å². The van der Waals surface area contributed by atoms with E-state index < -0.39 is 0 Å². The maximum atomic E-state index is 5.16. The molecule has 1 heterocycles. The Morgan fingerprint density at radius 3 is 2.67 bits per heavy atom. The number of aryl methyl sites for hydroxylation is 2. The molecule has 0 radical (unpaired) electrons. The summed E-state index contributed by atoms with van der Waals surface area (Å²) in [5, 5.41) is 5.49. The van der Waals surface area contributed by atoms with Crippen molar-refractivity contribution in [1.29, 1.82) is 0 Å². The van der Waals surface area contributed by atoms with E-state index in [1.54, 1.807) is 7.11 Å². The van der Waals surface area contributed by atoms with Crippen molar-refractivity contribution in [3.05, 3.63) is 15.9 Å². The van der Waals surface area contributed by atoms with Gasteiger partial charge >= 0.3 is 0 Å². The van der Waals surface area contributed by atoms with Crippen LogP contribution in [-0.2, 0) is 17.8 Å². The first-order chi connectivity index (χ1) is 8.63. The van der Waals surface area contributed by atoms with Gasteiger partial charge < -0.3 is 4.74 Å². The first-order valence-corrected chi connectivity index (χ1v) is 8.04. The van der Waals surface area contributed by atoms with Gasteiger partial charge in [-0.25, -0.2) is 0 Å². The van der Waals surface area contributed by atoms with E-state index >= 15 is 0 Å². The highest BCUT2D eigenvalue weighted by Gasteiger charge is 2.15. The Kier molecular flexibility index (Phi) is 7.44. The number of rotatable bonds is 8. The summed E-state index contributed by atoms with van der Waals surface area (Å²) in [7, 11) is 1.74. The van der Waals surface area contributed by atoms with Crippen LogP contribution in [-0.4, -0.2) is 46.8 Å². The summed E-state index contributed by atoms with van der Waals surface area (Å²) in [5.74, 6) is 0. The molecule has 0 saturated heterocycles. The zero-order valence-electron chi connectivity index (χ0n) is 11.2. The molecule has 0 aromatic carbocycles. The summed E-state index contributed by atoms with van der Waals surface area (Å²) in [5.41, 5.74) is 2.30. The van der Waals surface area contributed by atoms with Gasteiger partial charge in [0, 0.05) is 38.6 Å². The quantitative estimate of drug-likeness (QED) is 0.647. The van der Waals surface area contributed by atoms with E-state index in [-0.39, 0.29) is 0 Å². The zero-order chi connectivity index (χ0) is 13.5. The van der Waals surface area contributed by atoms with Gasteiger partial charge in [-0.05, 0) is 29.8 Å². The summed E-state index contributed by atoms with van der Waals surface area (Å²) < 4.78 is 8.35. The van der Waals surface area contributed by atoms with Crippen LogP contribution in [0.5, 0.6) is 0 Å². The van der Waals surface area contributed by atoms with Crippen LogP contribution in [0.25, 0.3) is 0 Å². The molecule has 0 saturated carbocycles. The Labute approximate surface area is 126 Å². The van der Waals surface area contributed by atoms with E-state index in [0.29, 0.717) is 0 Å². The molecule has 0 amide bonds. The van der Waals surface area contributed by atoms with Crippen molar-refractivity contribution in [2.24, 2.45) is 0 Å². The number of hydrogen-bond acceptors (Lipinski definition) is 3. The highest BCUT2D eigenvalue weighted by Crippen LogP contribution is 2.22. The van der Waals surface area contributed by atoms with E-state index in [9.17, 15) is 0 Å². The third-order valence-corrected chi connectivity index (χ3v) is 4.22. The molecule has 0 aliphatic rings. The van der Waals surface area contributed by atoms with E-state index in [2.05, 4.69) is 53.5 Å². The first kappa shape index (κ1) is 16.1. The third-order valence-electron chi connectivity index (χ3n) is 2.84. The summed E-state index contributed by atoms with van der Waals surface area (Å²) >= 11 is 7.13. The largest absolute Gasteiger partial charge is 0.383 e. The average Bonchev–Trinajstić information content (AvgIpc) is 2.63. The summed E-state index contributed by atoms with van der Waals surface area (Å²) in [4.78, 5) is 2.37. The van der Waals surface area contributed by atoms with Crippen LogP contribution in [0.4, 0.5) is 0 Å². The van der Waals surface area contributed by atoms with Crippen molar-refractivity contribution < 1.29 is 4.74 Å². The Balaban J connectivity index is 2.78. The molecule has 0 spiro atoms. The Hall–Kier alpha value is 0.0900. The van der Waals surface area contributed by atoms with Crippen LogP contribution in [0.1, 0.15) is 18.3 Å². The van der Waals surface area contributed by atoms with Crippen LogP contribution in [0.2, 0.25) is 0 Å². The van der Waals surface area contributed by atoms with Crippen molar-refractivity contribution >= 4 is 31.9 Å². The topological polar surface area (TPSA) is 30.3 Å². The fourth-order valence-corrected chi connectivity index (χ4v) is 2.75. The summed E-state index contributed by atoms with van der Waals surface area (Å²) in [6.45, 7) is 8.63. The lowest BCUT2D eigenvalue weighted by Gasteiger charge is -2.21. The number of nitrogens with zero attached hydrogens (tertiary/aromatic N) is 3. The van der Waals surface area contributed by atoms with Crippen molar-refractivity contribution in [2.75, 3.05) is 32.1 Å². The lowest BCUT2D eigenvalue weighted by Crippen LogP contribution is -2.30. The highest BCUT2D eigenvalue weighted by molar-refractivity contribution is 9.10. The van der Waals surface area contributed by atoms with Gasteiger partial charge in [0.15, 0.2) is 0 Å². The summed E-state index contributed by atoms with van der Waals surface area (Å²) in [6.07, 6.45) is 0. The van der Waals surface area contributed by atoms with Gasteiger partial charge in [-0.3, -0.25) is 9.58 Å². The minimum absolute atomic E-state index is 0.754. The number of aromatic nitrogens is 2. The molecular weight excluding hydrogens is 362 g/mol. The van der Waals surface area contributed by atoms with E-state index in [1.807, 2.05) is 6.92 Å². The minimum atomic E-state index is 0.754. The maximum absolute atomic E-state index is 5.16. The maximum Gasteiger partial charge on any atom is 0.0739 e. The van der Waals surface area contributed by atoms with Crippen molar-refractivity contribution in [3.63, 3.8) is 0 Å². The number of ether oxygens (including phenoxy) is 1. The average molecular weight is 383 g/mol. The molecule has 104 valence electrons. The molecule has 18 heavy (non-hydrogen) atoms. The first-order valence-electron chi connectivity index (χ1n) is 6.13. The zero-order valence-corrected chi connectivity index (χ0v) is 14.4. The number of halogens is 2. The van der Waals surface area contributed by atoms with E-state index in [4.69, 9.17) is 4.74 Å². The number of hydrogen-bond donors (Lipinski definition) is 0. The van der Waals surface area contributed by atoms with Crippen LogP contribution < -0.4 is 0 Å². The molecule has 1 aromatic heterocycles. The SMILES string of the molecule is CCn1nc(C)c(Br)c1CN(CCBr)CCOC. The Morgan fingerprint density at radius 2 is 2.11 bits per heavy atom. The number of alkyl halides is 1. The highest BCUT2D eigenvalue weighted by atomic mass is 79.9. The second-order valence-corrected chi connectivity index (χ2v) is 5.71. The minimum Gasteiger partial charge on any atom is -0.383 e. The molecule has 0 bridgehead atoms. The van der Waals surface area contributed by atoms with E-state index in [1.165, 1.54) is 5.69 Å². The van der Waals surface area contributed by atoms with E-state index in [0.717, 1.165) is 48.3 Å². The van der Waals surface area contributed by atoms with Crippen LogP contribution in [0.3, 0.4) is 0 Å². The monoisotopic (exact) mass is 381 g/mol. The number of methoxy groups -OCH3 is 1. The van der Waals surface area contributed by atoms with Crippen LogP contribution in [0, 0.1) is 6.92 Å². The molecule has 6 heteroatoms. The molecule has 0 atom stereocenters. The second-order valence-electron chi connectivity index (χ2n) is 4.12. The third kappa shape index (κ3) is 4.33. The van der Waals surface area contributed by atoms with Gasteiger partial charge in [0.1, 0.15) is 0 Å². The molecule has 1 aromatic rings. The normalized spacial score (nSPS) is 11.4. The van der Waals surface area contributed by atoms with Crippen LogP contribution >= 0.6 is 31.9 Å². The van der Waals surface area contributed by atoms with Gasteiger partial charge in [-0.2, -0.15) is 5.10 Å². The smallest absolute Gasteiger partial charge is 0.0739 e. The molecule has 0 fully saturated rings. The molecule has 0 aliphatic carbocycles. The summed E-state index contributed by atoms with van der Waals surface area (Å²) in [6, 6.07) is 0. The van der Waals surface area contributed by atoms with Crippen molar-refractivity contribution in [1.82, 2.24) is 14.7 Å². The fourth-order valence-electron chi connectivity index (χ4n) is 1.84. The van der Waals surface area contributed by atoms with Gasteiger partial charge in [0.05, 0.1) is 22.5 Å². The molecular formula is C12H21Br2N3O. The van der Waals surface area contributed by atoms with Gasteiger partial charge in [0.2, 0.25) is 0 Å². The molecule has 4 nitrogen and oxygen atoms in total. The predicted molar refractivity (Wildman–Crippen MR) is 81.3 cm³/mol. The van der Waals surface area contributed by atoms with Gasteiger partial charge in [-0.15, -0.1) is 0 Å². The standard InChI is InChI=1S/C12H21Br2N3O/c1-4-17-11(12(14)10(2)15-17)9-16(6-5-13)7-8-18-3/h4-9H2,1-3H3. The predicted octanol–water partition coefficient (Wildman–Crippen LogP) is 2.82. The molecule has 0 N–H and O–H groups in total. The molecule has 0 aliphatic heterocycles. The Morgan fingerprint density at radius 1 is 1.39 bits per heavy atom. The fraction of sp³-hybridized carbons (Fsp3) is 0.750.